The van der Waals surface area contributed by atoms with Gasteiger partial charge in [-0.15, -0.1) is 11.8 Å². The highest BCUT2D eigenvalue weighted by molar-refractivity contribution is 7.98. The molecule has 0 saturated heterocycles. The molecule has 5 nitrogen and oxygen atoms in total. The number of aromatic nitrogens is 1. The summed E-state index contributed by atoms with van der Waals surface area (Å²) in [4.78, 5) is 27.7. The molecule has 0 bridgehead atoms. The zero-order valence-electron chi connectivity index (χ0n) is 12.2. The maximum atomic E-state index is 11.8. The van der Waals surface area contributed by atoms with Gasteiger partial charge in [0, 0.05) is 5.75 Å². The third kappa shape index (κ3) is 3.85. The van der Waals surface area contributed by atoms with E-state index in [-0.39, 0.29) is 11.3 Å². The van der Waals surface area contributed by atoms with E-state index >= 15 is 0 Å². The van der Waals surface area contributed by atoms with Crippen molar-refractivity contribution < 1.29 is 19.1 Å². The third-order valence-corrected chi connectivity index (χ3v) is 3.88. The van der Waals surface area contributed by atoms with Crippen LogP contribution in [0.2, 0.25) is 0 Å². The van der Waals surface area contributed by atoms with Crippen LogP contribution in [0.15, 0.2) is 47.5 Å². The summed E-state index contributed by atoms with van der Waals surface area (Å²) in [5.41, 5.74) is 1.21. The SMILES string of the molecule is COC(=O)c1ccc(SCc2ccccc2)nc1C(=O)OC. The maximum Gasteiger partial charge on any atom is 0.357 e. The Balaban J connectivity index is 2.23. The third-order valence-electron chi connectivity index (χ3n) is 2.88. The Morgan fingerprint density at radius 2 is 1.68 bits per heavy atom. The van der Waals surface area contributed by atoms with E-state index in [4.69, 9.17) is 0 Å². The number of carbonyl (C=O) groups excluding carboxylic acids is 2. The van der Waals surface area contributed by atoms with E-state index < -0.39 is 11.9 Å². The van der Waals surface area contributed by atoms with E-state index in [9.17, 15) is 9.59 Å². The second-order valence-electron chi connectivity index (χ2n) is 4.30. The second kappa shape index (κ2) is 7.61. The van der Waals surface area contributed by atoms with Gasteiger partial charge in [-0.3, -0.25) is 0 Å². The van der Waals surface area contributed by atoms with Gasteiger partial charge in [-0.2, -0.15) is 0 Å². The van der Waals surface area contributed by atoms with Gasteiger partial charge >= 0.3 is 11.9 Å². The van der Waals surface area contributed by atoms with Crippen LogP contribution in [0.3, 0.4) is 0 Å². The van der Waals surface area contributed by atoms with E-state index in [1.165, 1.54) is 32.0 Å². The summed E-state index contributed by atoms with van der Waals surface area (Å²) in [5.74, 6) is -0.568. The van der Waals surface area contributed by atoms with Crippen LogP contribution in [-0.4, -0.2) is 31.1 Å². The normalized spacial score (nSPS) is 10.1. The Morgan fingerprint density at radius 3 is 2.32 bits per heavy atom. The number of hydrogen-bond acceptors (Lipinski definition) is 6. The summed E-state index contributed by atoms with van der Waals surface area (Å²) >= 11 is 1.47. The van der Waals surface area contributed by atoms with Crippen LogP contribution in [0.5, 0.6) is 0 Å². The first-order valence-corrected chi connectivity index (χ1v) is 7.48. The zero-order valence-corrected chi connectivity index (χ0v) is 13.1. The van der Waals surface area contributed by atoms with Crippen molar-refractivity contribution in [3.8, 4) is 0 Å². The van der Waals surface area contributed by atoms with Crippen LogP contribution in [-0.2, 0) is 15.2 Å². The fourth-order valence-electron chi connectivity index (χ4n) is 1.78. The zero-order chi connectivity index (χ0) is 15.9. The molecule has 0 unspecified atom stereocenters. The Morgan fingerprint density at radius 1 is 1.00 bits per heavy atom. The van der Waals surface area contributed by atoms with Gasteiger partial charge in [-0.05, 0) is 17.7 Å². The lowest BCUT2D eigenvalue weighted by Gasteiger charge is -2.08. The standard InChI is InChI=1S/C16H15NO4S/c1-20-15(18)12-8-9-13(17-14(12)16(19)21-2)22-10-11-6-4-3-5-7-11/h3-9H,10H2,1-2H3. The monoisotopic (exact) mass is 317 g/mol. The molecule has 1 aromatic carbocycles. The van der Waals surface area contributed by atoms with Gasteiger partial charge in [0.15, 0.2) is 5.69 Å². The lowest BCUT2D eigenvalue weighted by Crippen LogP contribution is -2.14. The summed E-state index contributed by atoms with van der Waals surface area (Å²) in [6.45, 7) is 0. The van der Waals surface area contributed by atoms with Crippen LogP contribution in [0, 0.1) is 0 Å². The van der Waals surface area contributed by atoms with Gasteiger partial charge in [-0.25, -0.2) is 14.6 Å². The highest BCUT2D eigenvalue weighted by Crippen LogP contribution is 2.23. The van der Waals surface area contributed by atoms with Crippen molar-refractivity contribution in [3.05, 3.63) is 59.3 Å². The molecule has 0 atom stereocenters. The summed E-state index contributed by atoms with van der Waals surface area (Å²) < 4.78 is 9.32. The molecule has 1 aromatic heterocycles. The Hall–Kier alpha value is -2.34. The van der Waals surface area contributed by atoms with E-state index in [0.29, 0.717) is 10.8 Å². The fourth-order valence-corrected chi connectivity index (χ4v) is 2.61. The van der Waals surface area contributed by atoms with Crippen molar-refractivity contribution in [2.45, 2.75) is 10.8 Å². The minimum atomic E-state index is -0.664. The molecule has 0 aliphatic heterocycles. The number of thioether (sulfide) groups is 1. The van der Waals surface area contributed by atoms with E-state index in [0.717, 1.165) is 5.56 Å². The molecular formula is C16H15NO4S. The summed E-state index contributed by atoms with van der Waals surface area (Å²) in [7, 11) is 2.50. The molecule has 22 heavy (non-hydrogen) atoms. The van der Waals surface area contributed by atoms with Crippen molar-refractivity contribution in [1.29, 1.82) is 0 Å². The minimum absolute atomic E-state index is 0.0348. The molecule has 0 saturated carbocycles. The van der Waals surface area contributed by atoms with Gasteiger partial charge in [0.1, 0.15) is 0 Å². The molecule has 0 fully saturated rings. The topological polar surface area (TPSA) is 65.5 Å². The number of esters is 2. The Bertz CT molecular complexity index is 673. The van der Waals surface area contributed by atoms with Crippen molar-refractivity contribution in [2.75, 3.05) is 14.2 Å². The minimum Gasteiger partial charge on any atom is -0.465 e. The lowest BCUT2D eigenvalue weighted by atomic mass is 10.2. The predicted molar refractivity (Wildman–Crippen MR) is 82.9 cm³/mol. The number of methoxy groups -OCH3 is 2. The summed E-state index contributed by atoms with van der Waals surface area (Å²) in [5, 5.41) is 0.636. The van der Waals surface area contributed by atoms with Crippen molar-refractivity contribution in [2.24, 2.45) is 0 Å². The Labute approximate surface area is 132 Å². The molecule has 0 amide bonds. The number of benzene rings is 1. The number of hydrogen-bond donors (Lipinski definition) is 0. The molecule has 114 valence electrons. The van der Waals surface area contributed by atoms with Gasteiger partial charge in [-0.1, -0.05) is 30.3 Å². The number of rotatable bonds is 5. The number of carbonyl (C=O) groups is 2. The van der Waals surface area contributed by atoms with Crippen molar-refractivity contribution in [1.82, 2.24) is 4.98 Å². The molecule has 6 heteroatoms. The molecule has 0 radical (unpaired) electrons. The second-order valence-corrected chi connectivity index (χ2v) is 5.30. The van der Waals surface area contributed by atoms with Crippen LogP contribution < -0.4 is 0 Å². The van der Waals surface area contributed by atoms with Crippen molar-refractivity contribution >= 4 is 23.7 Å². The van der Waals surface area contributed by atoms with E-state index in [1.807, 2.05) is 30.3 Å². The molecular weight excluding hydrogens is 302 g/mol. The first-order valence-electron chi connectivity index (χ1n) is 6.50. The average Bonchev–Trinajstić information content (AvgIpc) is 2.59. The highest BCUT2D eigenvalue weighted by Gasteiger charge is 2.20. The molecule has 2 rings (SSSR count). The van der Waals surface area contributed by atoms with Crippen LogP contribution in [0.25, 0.3) is 0 Å². The Kier molecular flexibility index (Phi) is 5.55. The number of nitrogens with zero attached hydrogens (tertiary/aromatic N) is 1. The maximum absolute atomic E-state index is 11.8. The molecule has 0 aliphatic rings. The van der Waals surface area contributed by atoms with Crippen molar-refractivity contribution in [3.63, 3.8) is 0 Å². The number of ether oxygens (including phenoxy) is 2. The molecule has 2 aromatic rings. The van der Waals surface area contributed by atoms with Gasteiger partial charge in [0.25, 0.3) is 0 Å². The highest BCUT2D eigenvalue weighted by atomic mass is 32.2. The van der Waals surface area contributed by atoms with E-state index in [1.54, 1.807) is 6.07 Å². The summed E-state index contributed by atoms with van der Waals surface area (Å²) in [6, 6.07) is 13.1. The smallest absolute Gasteiger partial charge is 0.357 e. The summed E-state index contributed by atoms with van der Waals surface area (Å²) in [6.07, 6.45) is 0. The first kappa shape index (κ1) is 16.0. The van der Waals surface area contributed by atoms with Crippen LogP contribution in [0.4, 0.5) is 0 Å². The first-order chi connectivity index (χ1) is 10.7. The van der Waals surface area contributed by atoms with Gasteiger partial charge < -0.3 is 9.47 Å². The van der Waals surface area contributed by atoms with Gasteiger partial charge in [0.2, 0.25) is 0 Å². The lowest BCUT2D eigenvalue weighted by molar-refractivity contribution is 0.0549. The fraction of sp³-hybridized carbons (Fsp3) is 0.188. The molecule has 1 heterocycles. The molecule has 0 aliphatic carbocycles. The van der Waals surface area contributed by atoms with E-state index in [2.05, 4.69) is 14.5 Å². The molecule has 0 N–H and O–H groups in total. The van der Waals surface area contributed by atoms with Gasteiger partial charge in [0.05, 0.1) is 24.8 Å². The van der Waals surface area contributed by atoms with Crippen LogP contribution >= 0.6 is 11.8 Å². The molecule has 0 spiro atoms. The average molecular weight is 317 g/mol. The predicted octanol–water partition coefficient (Wildman–Crippen LogP) is 2.95. The quantitative estimate of drug-likeness (QED) is 0.624. The largest absolute Gasteiger partial charge is 0.465 e. The number of pyridine rings is 1. The van der Waals surface area contributed by atoms with Crippen LogP contribution in [0.1, 0.15) is 26.4 Å².